The number of fused-ring (bicyclic) bond motifs is 1. The fraction of sp³-hybridized carbons (Fsp3) is 0.400. The first kappa shape index (κ1) is 14.2. The van der Waals surface area contributed by atoms with E-state index in [-0.39, 0.29) is 0 Å². The molecule has 0 saturated carbocycles. The molecule has 1 atom stereocenters. The maximum Gasteiger partial charge on any atom is 0.0516 e. The van der Waals surface area contributed by atoms with Gasteiger partial charge in [-0.25, -0.2) is 0 Å². The van der Waals surface area contributed by atoms with Crippen molar-refractivity contribution in [3.05, 3.63) is 65.2 Å². The highest BCUT2D eigenvalue weighted by atomic mass is 14.9. The van der Waals surface area contributed by atoms with E-state index in [1.807, 2.05) is 0 Å². The first-order chi connectivity index (χ1) is 10.2. The van der Waals surface area contributed by atoms with Crippen LogP contribution in [0.4, 0.5) is 5.69 Å². The summed E-state index contributed by atoms with van der Waals surface area (Å²) in [6.07, 6.45) is 5.06. The monoisotopic (exact) mass is 279 g/mol. The summed E-state index contributed by atoms with van der Waals surface area (Å²) in [6, 6.07) is 18.3. The molecule has 0 heterocycles. The van der Waals surface area contributed by atoms with Gasteiger partial charge in [0.1, 0.15) is 0 Å². The lowest BCUT2D eigenvalue weighted by atomic mass is 9.98. The largest absolute Gasteiger partial charge is 0.378 e. The Morgan fingerprint density at radius 3 is 2.71 bits per heavy atom. The van der Waals surface area contributed by atoms with Crippen molar-refractivity contribution < 1.29 is 0 Å². The molecule has 2 aromatic carbocycles. The molecule has 1 N–H and O–H groups in total. The average molecular weight is 279 g/mol. The van der Waals surface area contributed by atoms with Crippen LogP contribution in [0.3, 0.4) is 0 Å². The second-order valence-electron chi connectivity index (χ2n) is 6.42. The van der Waals surface area contributed by atoms with Gasteiger partial charge in [0, 0.05) is 5.69 Å². The van der Waals surface area contributed by atoms with Crippen LogP contribution in [0.15, 0.2) is 48.5 Å². The standard InChI is InChI=1S/C20H25N/c1-15(2)17-10-7-11-18(14-17)21-20-13-6-4-9-16-8-3-5-12-19(16)20/h3,5,7-8,10-12,14-15,20-21H,4,6,9,13H2,1-2H3. The molecule has 0 spiro atoms. The molecule has 0 amide bonds. The van der Waals surface area contributed by atoms with E-state index in [0.717, 1.165) is 0 Å². The summed E-state index contributed by atoms with van der Waals surface area (Å²) in [5, 5.41) is 3.77. The van der Waals surface area contributed by atoms with Crippen LogP contribution in [-0.4, -0.2) is 0 Å². The molecule has 0 aliphatic heterocycles. The molecular weight excluding hydrogens is 254 g/mol. The Morgan fingerprint density at radius 1 is 1.00 bits per heavy atom. The Morgan fingerprint density at radius 2 is 1.86 bits per heavy atom. The van der Waals surface area contributed by atoms with Gasteiger partial charge < -0.3 is 5.32 Å². The molecule has 0 saturated heterocycles. The van der Waals surface area contributed by atoms with Gasteiger partial charge in [-0.15, -0.1) is 0 Å². The molecule has 1 aliphatic rings. The van der Waals surface area contributed by atoms with Crippen molar-refractivity contribution in [1.29, 1.82) is 0 Å². The lowest BCUT2D eigenvalue weighted by molar-refractivity contribution is 0.644. The summed E-state index contributed by atoms with van der Waals surface area (Å²) in [4.78, 5) is 0. The minimum atomic E-state index is 0.450. The van der Waals surface area contributed by atoms with E-state index in [2.05, 4.69) is 67.7 Å². The van der Waals surface area contributed by atoms with Crippen molar-refractivity contribution in [3.8, 4) is 0 Å². The van der Waals surface area contributed by atoms with Crippen molar-refractivity contribution in [1.82, 2.24) is 0 Å². The minimum absolute atomic E-state index is 0.450. The van der Waals surface area contributed by atoms with Gasteiger partial charge in [0.15, 0.2) is 0 Å². The van der Waals surface area contributed by atoms with Crippen LogP contribution >= 0.6 is 0 Å². The Balaban J connectivity index is 1.86. The molecule has 3 rings (SSSR count). The molecular formula is C20H25N. The number of hydrogen-bond donors (Lipinski definition) is 1. The molecule has 1 nitrogen and oxygen atoms in total. The van der Waals surface area contributed by atoms with Gasteiger partial charge in [-0.3, -0.25) is 0 Å². The minimum Gasteiger partial charge on any atom is -0.378 e. The average Bonchev–Trinajstić information content (AvgIpc) is 2.70. The SMILES string of the molecule is CC(C)c1cccc(NC2CCCCc3ccccc32)c1. The van der Waals surface area contributed by atoms with Crippen molar-refractivity contribution >= 4 is 5.69 Å². The van der Waals surface area contributed by atoms with Gasteiger partial charge in [0.25, 0.3) is 0 Å². The lowest BCUT2D eigenvalue weighted by Gasteiger charge is -2.21. The van der Waals surface area contributed by atoms with E-state index in [9.17, 15) is 0 Å². The zero-order chi connectivity index (χ0) is 14.7. The Bertz CT molecular complexity index is 600. The van der Waals surface area contributed by atoms with Crippen molar-refractivity contribution in [2.45, 2.75) is 51.5 Å². The molecule has 0 radical (unpaired) electrons. The highest BCUT2D eigenvalue weighted by molar-refractivity contribution is 5.49. The molecule has 110 valence electrons. The third kappa shape index (κ3) is 3.29. The second kappa shape index (κ2) is 6.34. The van der Waals surface area contributed by atoms with Crippen molar-refractivity contribution in [2.75, 3.05) is 5.32 Å². The molecule has 1 unspecified atom stereocenters. The van der Waals surface area contributed by atoms with Gasteiger partial charge >= 0.3 is 0 Å². The summed E-state index contributed by atoms with van der Waals surface area (Å²) >= 11 is 0. The maximum atomic E-state index is 3.77. The quantitative estimate of drug-likeness (QED) is 0.712. The van der Waals surface area contributed by atoms with E-state index in [4.69, 9.17) is 0 Å². The third-order valence-corrected chi connectivity index (χ3v) is 4.51. The molecule has 1 aliphatic carbocycles. The fourth-order valence-electron chi connectivity index (χ4n) is 3.26. The lowest BCUT2D eigenvalue weighted by Crippen LogP contribution is -2.11. The van der Waals surface area contributed by atoms with Crippen LogP contribution in [0.5, 0.6) is 0 Å². The van der Waals surface area contributed by atoms with E-state index < -0.39 is 0 Å². The molecule has 0 fully saturated rings. The summed E-state index contributed by atoms with van der Waals surface area (Å²) in [6.45, 7) is 4.50. The summed E-state index contributed by atoms with van der Waals surface area (Å²) in [5.41, 5.74) is 5.67. The summed E-state index contributed by atoms with van der Waals surface area (Å²) in [5.74, 6) is 0.577. The number of hydrogen-bond acceptors (Lipinski definition) is 1. The van der Waals surface area contributed by atoms with Gasteiger partial charge in [-0.1, -0.05) is 56.7 Å². The van der Waals surface area contributed by atoms with E-state index in [0.29, 0.717) is 12.0 Å². The third-order valence-electron chi connectivity index (χ3n) is 4.51. The number of benzene rings is 2. The predicted octanol–water partition coefficient (Wildman–Crippen LogP) is 5.69. The highest BCUT2D eigenvalue weighted by Crippen LogP contribution is 2.32. The number of rotatable bonds is 3. The first-order valence-corrected chi connectivity index (χ1v) is 8.18. The van der Waals surface area contributed by atoms with Gasteiger partial charge in [0.05, 0.1) is 6.04 Å². The first-order valence-electron chi connectivity index (χ1n) is 8.18. The highest BCUT2D eigenvalue weighted by Gasteiger charge is 2.18. The van der Waals surface area contributed by atoms with E-state index >= 15 is 0 Å². The molecule has 0 bridgehead atoms. The summed E-state index contributed by atoms with van der Waals surface area (Å²) in [7, 11) is 0. The molecule has 1 heteroatoms. The van der Waals surface area contributed by atoms with Crippen molar-refractivity contribution in [2.24, 2.45) is 0 Å². The Hall–Kier alpha value is -1.76. The Labute approximate surface area is 128 Å². The smallest absolute Gasteiger partial charge is 0.0516 e. The topological polar surface area (TPSA) is 12.0 Å². The number of anilines is 1. The zero-order valence-corrected chi connectivity index (χ0v) is 13.1. The van der Waals surface area contributed by atoms with Crippen LogP contribution in [0, 0.1) is 0 Å². The van der Waals surface area contributed by atoms with Gasteiger partial charge in [0.2, 0.25) is 0 Å². The van der Waals surface area contributed by atoms with Crippen molar-refractivity contribution in [3.63, 3.8) is 0 Å². The maximum absolute atomic E-state index is 3.77. The molecule has 0 aromatic heterocycles. The number of nitrogens with one attached hydrogen (secondary N) is 1. The van der Waals surface area contributed by atoms with Gasteiger partial charge in [-0.2, -0.15) is 0 Å². The number of aryl methyl sites for hydroxylation is 1. The van der Waals surface area contributed by atoms with Crippen LogP contribution in [0.1, 0.15) is 61.8 Å². The van der Waals surface area contributed by atoms with Crippen LogP contribution in [-0.2, 0) is 6.42 Å². The van der Waals surface area contributed by atoms with Crippen LogP contribution < -0.4 is 5.32 Å². The Kier molecular flexibility index (Phi) is 4.28. The second-order valence-corrected chi connectivity index (χ2v) is 6.42. The van der Waals surface area contributed by atoms with Gasteiger partial charge in [-0.05, 0) is 54.0 Å². The van der Waals surface area contributed by atoms with Crippen LogP contribution in [0.2, 0.25) is 0 Å². The normalized spacial score (nSPS) is 18.1. The molecule has 2 aromatic rings. The zero-order valence-electron chi connectivity index (χ0n) is 13.1. The molecule has 21 heavy (non-hydrogen) atoms. The fourth-order valence-corrected chi connectivity index (χ4v) is 3.26. The van der Waals surface area contributed by atoms with Crippen LogP contribution in [0.25, 0.3) is 0 Å². The van der Waals surface area contributed by atoms with E-state index in [1.165, 1.54) is 48.1 Å². The predicted molar refractivity (Wildman–Crippen MR) is 90.9 cm³/mol. The summed E-state index contributed by atoms with van der Waals surface area (Å²) < 4.78 is 0. The van der Waals surface area contributed by atoms with E-state index in [1.54, 1.807) is 0 Å².